The first kappa shape index (κ1) is 14.2. The molecule has 1 heterocycles. The number of carbonyl (C=O) groups excluding carboxylic acids is 1. The number of rotatable bonds is 5. The van der Waals surface area contributed by atoms with E-state index in [0.717, 1.165) is 0 Å². The predicted octanol–water partition coefficient (Wildman–Crippen LogP) is 3.09. The lowest BCUT2D eigenvalue weighted by molar-refractivity contribution is -0.385. The third kappa shape index (κ3) is 2.85. The van der Waals surface area contributed by atoms with Gasteiger partial charge in [0.05, 0.1) is 33.8 Å². The van der Waals surface area contributed by atoms with E-state index in [4.69, 9.17) is 11.6 Å². The van der Waals surface area contributed by atoms with Crippen LogP contribution in [-0.2, 0) is 6.54 Å². The molecule has 0 atom stereocenters. The lowest BCUT2D eigenvalue weighted by Gasteiger charge is -2.05. The highest BCUT2D eigenvalue weighted by Gasteiger charge is 2.17. The van der Waals surface area contributed by atoms with E-state index in [2.05, 4.69) is 5.10 Å². The van der Waals surface area contributed by atoms with Gasteiger partial charge in [-0.1, -0.05) is 24.6 Å². The Kier molecular flexibility index (Phi) is 4.14. The number of ketones is 1. The fourth-order valence-corrected chi connectivity index (χ4v) is 2.06. The van der Waals surface area contributed by atoms with Gasteiger partial charge in [-0.3, -0.25) is 19.6 Å². The fraction of sp³-hybridized carbons (Fsp3) is 0.231. The van der Waals surface area contributed by atoms with Crippen molar-refractivity contribution in [3.05, 3.63) is 56.9 Å². The maximum absolute atomic E-state index is 11.5. The summed E-state index contributed by atoms with van der Waals surface area (Å²) < 4.78 is 1.47. The van der Waals surface area contributed by atoms with E-state index in [1.807, 2.05) is 0 Å². The van der Waals surface area contributed by atoms with Gasteiger partial charge in [-0.2, -0.15) is 5.10 Å². The van der Waals surface area contributed by atoms with Crippen LogP contribution in [0.1, 0.15) is 29.3 Å². The number of carbonyl (C=O) groups is 1. The Morgan fingerprint density at radius 3 is 2.90 bits per heavy atom. The molecule has 0 fully saturated rings. The molecule has 0 N–H and O–H groups in total. The zero-order valence-electron chi connectivity index (χ0n) is 10.7. The van der Waals surface area contributed by atoms with Gasteiger partial charge in [0.1, 0.15) is 0 Å². The number of nitro benzene ring substituents is 1. The van der Waals surface area contributed by atoms with Crippen molar-refractivity contribution >= 4 is 23.1 Å². The van der Waals surface area contributed by atoms with E-state index in [9.17, 15) is 14.9 Å². The number of halogens is 1. The normalized spacial score (nSPS) is 10.5. The van der Waals surface area contributed by atoms with E-state index in [0.29, 0.717) is 22.6 Å². The zero-order valence-corrected chi connectivity index (χ0v) is 11.5. The first-order chi connectivity index (χ1) is 9.52. The molecule has 0 aliphatic rings. The number of nitro groups is 1. The van der Waals surface area contributed by atoms with Gasteiger partial charge < -0.3 is 0 Å². The Labute approximate surface area is 120 Å². The van der Waals surface area contributed by atoms with E-state index in [-0.39, 0.29) is 18.0 Å². The molecule has 2 rings (SSSR count). The van der Waals surface area contributed by atoms with Crippen LogP contribution in [0.2, 0.25) is 5.02 Å². The third-order valence-electron chi connectivity index (χ3n) is 2.89. The van der Waals surface area contributed by atoms with Gasteiger partial charge in [0.25, 0.3) is 5.69 Å². The molecule has 0 unspecified atom stereocenters. The predicted molar refractivity (Wildman–Crippen MR) is 74.1 cm³/mol. The number of aromatic nitrogens is 2. The SMILES string of the molecule is CCC(=O)c1cnn(Cc2c(Cl)cccc2[N+](=O)[O-])c1. The molecule has 1 aromatic heterocycles. The van der Waals surface area contributed by atoms with Gasteiger partial charge in [-0.05, 0) is 6.07 Å². The molecule has 0 spiro atoms. The summed E-state index contributed by atoms with van der Waals surface area (Å²) >= 11 is 6.01. The minimum absolute atomic E-state index is 0.0232. The summed E-state index contributed by atoms with van der Waals surface area (Å²) in [6.07, 6.45) is 3.41. The van der Waals surface area contributed by atoms with Crippen molar-refractivity contribution in [3.8, 4) is 0 Å². The first-order valence-electron chi connectivity index (χ1n) is 6.00. The summed E-state index contributed by atoms with van der Waals surface area (Å²) in [5.74, 6) is -0.0232. The molecule has 0 bridgehead atoms. The van der Waals surface area contributed by atoms with Crippen molar-refractivity contribution in [2.75, 3.05) is 0 Å². The quantitative estimate of drug-likeness (QED) is 0.482. The summed E-state index contributed by atoms with van der Waals surface area (Å²) in [5, 5.41) is 15.3. The van der Waals surface area contributed by atoms with Crippen LogP contribution in [0.5, 0.6) is 0 Å². The van der Waals surface area contributed by atoms with Crippen LogP contribution in [0.3, 0.4) is 0 Å². The van der Waals surface area contributed by atoms with E-state index < -0.39 is 4.92 Å². The minimum Gasteiger partial charge on any atom is -0.294 e. The monoisotopic (exact) mass is 293 g/mol. The van der Waals surface area contributed by atoms with Crippen LogP contribution >= 0.6 is 11.6 Å². The molecule has 1 aromatic carbocycles. The Bertz CT molecular complexity index is 667. The Morgan fingerprint density at radius 2 is 2.25 bits per heavy atom. The molecule has 0 amide bonds. The fourth-order valence-electron chi connectivity index (χ4n) is 1.84. The topological polar surface area (TPSA) is 78.0 Å². The smallest absolute Gasteiger partial charge is 0.275 e. The second kappa shape index (κ2) is 5.83. The van der Waals surface area contributed by atoms with E-state index in [1.165, 1.54) is 23.0 Å². The van der Waals surface area contributed by atoms with Crippen LogP contribution in [0, 0.1) is 10.1 Å². The number of benzene rings is 1. The van der Waals surface area contributed by atoms with Crippen molar-refractivity contribution in [2.24, 2.45) is 0 Å². The summed E-state index contributed by atoms with van der Waals surface area (Å²) in [7, 11) is 0. The molecule has 20 heavy (non-hydrogen) atoms. The second-order valence-corrected chi connectivity index (χ2v) is 4.61. The molecular formula is C13H12ClN3O3. The average Bonchev–Trinajstić information content (AvgIpc) is 2.88. The highest BCUT2D eigenvalue weighted by Crippen LogP contribution is 2.26. The number of hydrogen-bond acceptors (Lipinski definition) is 4. The summed E-state index contributed by atoms with van der Waals surface area (Å²) in [6, 6.07) is 4.51. The Morgan fingerprint density at radius 1 is 1.50 bits per heavy atom. The van der Waals surface area contributed by atoms with Gasteiger partial charge in [0, 0.05) is 18.7 Å². The Hall–Kier alpha value is -2.21. The van der Waals surface area contributed by atoms with Gasteiger partial charge in [-0.15, -0.1) is 0 Å². The lowest BCUT2D eigenvalue weighted by Crippen LogP contribution is -2.04. The van der Waals surface area contributed by atoms with E-state index >= 15 is 0 Å². The molecule has 2 aromatic rings. The standard InChI is InChI=1S/C13H12ClN3O3/c1-2-13(18)9-6-15-16(7-9)8-10-11(14)4-3-5-12(10)17(19)20/h3-7H,2,8H2,1H3. The molecular weight excluding hydrogens is 282 g/mol. The highest BCUT2D eigenvalue weighted by atomic mass is 35.5. The van der Waals surface area contributed by atoms with Crippen LogP contribution in [0.15, 0.2) is 30.6 Å². The third-order valence-corrected chi connectivity index (χ3v) is 3.24. The van der Waals surface area contributed by atoms with Crippen molar-refractivity contribution in [2.45, 2.75) is 19.9 Å². The average molecular weight is 294 g/mol. The molecule has 0 saturated heterocycles. The minimum atomic E-state index is -0.483. The van der Waals surface area contributed by atoms with Crippen LogP contribution in [-0.4, -0.2) is 20.5 Å². The van der Waals surface area contributed by atoms with Gasteiger partial charge in [-0.25, -0.2) is 0 Å². The highest BCUT2D eigenvalue weighted by molar-refractivity contribution is 6.31. The van der Waals surface area contributed by atoms with Crippen molar-refractivity contribution in [1.29, 1.82) is 0 Å². The number of nitrogens with zero attached hydrogens (tertiary/aromatic N) is 3. The van der Waals surface area contributed by atoms with Crippen LogP contribution < -0.4 is 0 Å². The number of hydrogen-bond donors (Lipinski definition) is 0. The van der Waals surface area contributed by atoms with Crippen molar-refractivity contribution in [1.82, 2.24) is 9.78 Å². The molecule has 0 saturated carbocycles. The van der Waals surface area contributed by atoms with Crippen LogP contribution in [0.25, 0.3) is 0 Å². The molecule has 0 aliphatic heterocycles. The second-order valence-electron chi connectivity index (χ2n) is 4.20. The molecule has 6 nitrogen and oxygen atoms in total. The van der Waals surface area contributed by atoms with Gasteiger partial charge in [0.2, 0.25) is 0 Å². The first-order valence-corrected chi connectivity index (χ1v) is 6.38. The van der Waals surface area contributed by atoms with Crippen molar-refractivity contribution in [3.63, 3.8) is 0 Å². The maximum Gasteiger partial charge on any atom is 0.275 e. The summed E-state index contributed by atoms with van der Waals surface area (Å²) in [5.41, 5.74) is 0.802. The molecule has 104 valence electrons. The largest absolute Gasteiger partial charge is 0.294 e. The van der Waals surface area contributed by atoms with Gasteiger partial charge >= 0.3 is 0 Å². The van der Waals surface area contributed by atoms with Crippen molar-refractivity contribution < 1.29 is 9.72 Å². The summed E-state index contributed by atoms with van der Waals surface area (Å²) in [6.45, 7) is 1.91. The number of Topliss-reactive ketones (excluding diaryl/α,β-unsaturated/α-hetero) is 1. The molecule has 0 aliphatic carbocycles. The van der Waals surface area contributed by atoms with E-state index in [1.54, 1.807) is 19.2 Å². The zero-order chi connectivity index (χ0) is 14.7. The maximum atomic E-state index is 11.5. The summed E-state index contributed by atoms with van der Waals surface area (Å²) in [4.78, 5) is 22.0. The molecule has 7 heteroatoms. The van der Waals surface area contributed by atoms with Crippen LogP contribution in [0.4, 0.5) is 5.69 Å². The Balaban J connectivity index is 2.33. The van der Waals surface area contributed by atoms with Gasteiger partial charge in [0.15, 0.2) is 5.78 Å². The lowest BCUT2D eigenvalue weighted by atomic mass is 10.1. The molecule has 0 radical (unpaired) electrons.